The normalized spacial score (nSPS) is 18.2. The number of rotatable bonds is 16. The number of phosphoric acid groups is 1. The molecular formula is C29H47N2O6P. The fraction of sp³-hybridized carbons (Fsp3) is 0.586. The summed E-state index contributed by atoms with van der Waals surface area (Å²) in [7, 11) is -4.06. The third-order valence-electron chi connectivity index (χ3n) is 6.15. The van der Waals surface area contributed by atoms with Gasteiger partial charge in [-0.15, -0.1) is 0 Å². The van der Waals surface area contributed by atoms with Crippen LogP contribution in [0.1, 0.15) is 80.1 Å². The summed E-state index contributed by atoms with van der Waals surface area (Å²) in [4.78, 5) is 33.4. The number of phosphoric ester groups is 1. The first-order valence-corrected chi connectivity index (χ1v) is 14.9. The zero-order valence-electron chi connectivity index (χ0n) is 24.0. The van der Waals surface area contributed by atoms with Crippen LogP contribution in [-0.4, -0.2) is 43.0 Å². The highest BCUT2D eigenvalue weighted by atomic mass is 31.2. The third kappa shape index (κ3) is 14.6. The number of nitrogens with one attached hydrogen (secondary N) is 2. The predicted molar refractivity (Wildman–Crippen MR) is 153 cm³/mol. The van der Waals surface area contributed by atoms with Crippen molar-refractivity contribution in [1.82, 2.24) is 10.6 Å². The molecule has 9 heteroatoms. The van der Waals surface area contributed by atoms with Gasteiger partial charge in [0.25, 0.3) is 0 Å². The lowest BCUT2D eigenvalue weighted by Crippen LogP contribution is -2.28. The van der Waals surface area contributed by atoms with E-state index in [9.17, 15) is 19.0 Å². The first-order valence-electron chi connectivity index (χ1n) is 13.4. The van der Waals surface area contributed by atoms with Gasteiger partial charge in [0.05, 0.1) is 13.2 Å². The highest BCUT2D eigenvalue weighted by Gasteiger charge is 2.26. The summed E-state index contributed by atoms with van der Waals surface area (Å²) in [6.45, 7) is 13.0. The Bertz CT molecular complexity index is 991. The highest BCUT2D eigenvalue weighted by molar-refractivity contribution is 7.47. The lowest BCUT2D eigenvalue weighted by Gasteiger charge is -2.32. The van der Waals surface area contributed by atoms with Crippen LogP contribution in [0.4, 0.5) is 0 Å². The second kappa shape index (κ2) is 17.4. The van der Waals surface area contributed by atoms with Gasteiger partial charge in [0, 0.05) is 25.6 Å². The van der Waals surface area contributed by atoms with Crippen molar-refractivity contribution >= 4 is 19.6 Å². The first kappa shape index (κ1) is 33.8. The maximum atomic E-state index is 12.1. The van der Waals surface area contributed by atoms with Crippen molar-refractivity contribution < 1.29 is 28.1 Å². The topological polar surface area (TPSA) is 114 Å². The van der Waals surface area contributed by atoms with Gasteiger partial charge in [0.15, 0.2) is 0 Å². The van der Waals surface area contributed by atoms with E-state index >= 15 is 0 Å². The molecule has 8 nitrogen and oxygen atoms in total. The zero-order chi connectivity index (χ0) is 28.6. The Kier molecular flexibility index (Phi) is 15.4. The monoisotopic (exact) mass is 550 g/mol. The van der Waals surface area contributed by atoms with Crippen molar-refractivity contribution in [2.75, 3.05) is 26.3 Å². The van der Waals surface area contributed by atoms with E-state index in [0.29, 0.717) is 19.4 Å². The van der Waals surface area contributed by atoms with Crippen LogP contribution in [0.25, 0.3) is 0 Å². The number of amides is 2. The van der Waals surface area contributed by atoms with Crippen LogP contribution in [0.15, 0.2) is 58.7 Å². The zero-order valence-corrected chi connectivity index (χ0v) is 24.9. The SMILES string of the molecule is CCCOP(=O)(O)OCCNC(=O)CCCNC(=O)/C=C(C)/C=C/C=C(C)/C=C/C1=C(C)CCCC1(C)C. The number of carbonyl (C=O) groups is 2. The maximum Gasteiger partial charge on any atom is 0.472 e. The molecule has 0 fully saturated rings. The van der Waals surface area contributed by atoms with Gasteiger partial charge >= 0.3 is 7.82 Å². The van der Waals surface area contributed by atoms with Crippen LogP contribution in [0, 0.1) is 5.41 Å². The highest BCUT2D eigenvalue weighted by Crippen LogP contribution is 2.43. The summed E-state index contributed by atoms with van der Waals surface area (Å²) in [5, 5.41) is 5.37. The summed E-state index contributed by atoms with van der Waals surface area (Å²) in [5.74, 6) is -0.441. The van der Waals surface area contributed by atoms with Crippen molar-refractivity contribution in [3.8, 4) is 0 Å². The van der Waals surface area contributed by atoms with E-state index in [2.05, 4.69) is 50.5 Å². The number of allylic oxidation sites excluding steroid dienone is 9. The van der Waals surface area contributed by atoms with Gasteiger partial charge in [0.2, 0.25) is 11.8 Å². The molecule has 214 valence electrons. The predicted octanol–water partition coefficient (Wildman–Crippen LogP) is 6.07. The maximum absolute atomic E-state index is 12.1. The summed E-state index contributed by atoms with van der Waals surface area (Å²) in [5.41, 5.74) is 5.09. The summed E-state index contributed by atoms with van der Waals surface area (Å²) >= 11 is 0. The molecule has 1 aliphatic rings. The van der Waals surface area contributed by atoms with Crippen molar-refractivity contribution in [1.29, 1.82) is 0 Å². The molecule has 0 aromatic heterocycles. The van der Waals surface area contributed by atoms with E-state index in [1.54, 1.807) is 0 Å². The molecule has 1 atom stereocenters. The van der Waals surface area contributed by atoms with Gasteiger partial charge in [-0.05, 0) is 69.4 Å². The van der Waals surface area contributed by atoms with Gasteiger partial charge in [-0.25, -0.2) is 4.57 Å². The van der Waals surface area contributed by atoms with E-state index in [1.165, 1.54) is 36.5 Å². The third-order valence-corrected chi connectivity index (χ3v) is 7.17. The first-order chi connectivity index (χ1) is 17.9. The van der Waals surface area contributed by atoms with E-state index < -0.39 is 7.82 Å². The Morgan fingerprint density at radius 3 is 2.47 bits per heavy atom. The van der Waals surface area contributed by atoms with Crippen molar-refractivity contribution in [3.63, 3.8) is 0 Å². The van der Waals surface area contributed by atoms with Crippen LogP contribution >= 0.6 is 7.82 Å². The van der Waals surface area contributed by atoms with Gasteiger partial charge in [-0.3, -0.25) is 18.6 Å². The molecule has 2 amide bonds. The summed E-state index contributed by atoms with van der Waals surface area (Å²) < 4.78 is 21.0. The summed E-state index contributed by atoms with van der Waals surface area (Å²) in [6, 6.07) is 0. The lowest BCUT2D eigenvalue weighted by molar-refractivity contribution is -0.121. The summed E-state index contributed by atoms with van der Waals surface area (Å²) in [6.07, 6.45) is 16.7. The van der Waals surface area contributed by atoms with E-state index in [4.69, 9.17) is 9.05 Å². The average Bonchev–Trinajstić information content (AvgIpc) is 2.82. The molecule has 0 heterocycles. The molecule has 3 N–H and O–H groups in total. The molecule has 1 rings (SSSR count). The van der Waals surface area contributed by atoms with Gasteiger partial charge < -0.3 is 15.5 Å². The van der Waals surface area contributed by atoms with Crippen molar-refractivity contribution in [3.05, 3.63) is 58.7 Å². The Labute approximate surface area is 228 Å². The molecule has 0 bridgehead atoms. The minimum Gasteiger partial charge on any atom is -0.354 e. The minimum atomic E-state index is -4.06. The van der Waals surface area contributed by atoms with Crippen LogP contribution in [0.5, 0.6) is 0 Å². The van der Waals surface area contributed by atoms with E-state index in [1.807, 2.05) is 32.1 Å². The van der Waals surface area contributed by atoms with Crippen molar-refractivity contribution in [2.24, 2.45) is 5.41 Å². The largest absolute Gasteiger partial charge is 0.472 e. The number of hydrogen-bond acceptors (Lipinski definition) is 5. The Morgan fingerprint density at radius 2 is 1.79 bits per heavy atom. The molecule has 38 heavy (non-hydrogen) atoms. The van der Waals surface area contributed by atoms with Crippen molar-refractivity contribution in [2.45, 2.75) is 80.1 Å². The van der Waals surface area contributed by atoms with E-state index in [-0.39, 0.29) is 43.4 Å². The Balaban J connectivity index is 2.33. The van der Waals surface area contributed by atoms with Crippen LogP contribution in [-0.2, 0) is 23.2 Å². The Hall–Kier alpha value is -2.25. The molecule has 0 saturated heterocycles. The average molecular weight is 551 g/mol. The smallest absolute Gasteiger partial charge is 0.354 e. The van der Waals surface area contributed by atoms with Crippen LogP contribution in [0.2, 0.25) is 0 Å². The van der Waals surface area contributed by atoms with E-state index in [0.717, 1.165) is 11.1 Å². The molecule has 0 aromatic carbocycles. The number of hydrogen-bond donors (Lipinski definition) is 3. The number of carbonyl (C=O) groups excluding carboxylic acids is 2. The molecule has 0 radical (unpaired) electrons. The van der Waals surface area contributed by atoms with Gasteiger partial charge in [-0.2, -0.15) is 0 Å². The standard InChI is InChI=1S/C29H47N2O6P/c1-7-20-36-38(34,35)37-21-19-31-27(32)14-10-18-30-28(33)22-24(3)12-8-11-23(2)15-16-26-25(4)13-9-17-29(26,5)6/h8,11-12,15-16,22H,7,9-10,13-14,17-21H2,1-6H3,(H,30,33)(H,31,32)(H,34,35)/b12-8+,16-15+,23-11+,24-22+. The Morgan fingerprint density at radius 1 is 1.08 bits per heavy atom. The molecule has 1 unspecified atom stereocenters. The molecule has 0 aliphatic heterocycles. The second-order valence-electron chi connectivity index (χ2n) is 10.3. The molecule has 0 aromatic rings. The van der Waals surface area contributed by atoms with Gasteiger partial charge in [-0.1, -0.05) is 62.3 Å². The quantitative estimate of drug-likeness (QED) is 0.0930. The fourth-order valence-corrected chi connectivity index (χ4v) is 4.89. The molecule has 0 spiro atoms. The lowest BCUT2D eigenvalue weighted by atomic mass is 9.72. The second-order valence-corrected chi connectivity index (χ2v) is 11.8. The van der Waals surface area contributed by atoms with Crippen LogP contribution < -0.4 is 10.6 Å². The van der Waals surface area contributed by atoms with Gasteiger partial charge in [0.1, 0.15) is 0 Å². The molecular weight excluding hydrogens is 503 g/mol. The fourth-order valence-electron chi connectivity index (χ4n) is 4.08. The van der Waals surface area contributed by atoms with Crippen LogP contribution in [0.3, 0.4) is 0 Å². The molecule has 0 saturated carbocycles. The minimum absolute atomic E-state index is 0.0959. The molecule has 1 aliphatic carbocycles.